The normalized spacial score (nSPS) is 32.0. The fourth-order valence-electron chi connectivity index (χ4n) is 5.03. The van der Waals surface area contributed by atoms with Gasteiger partial charge in [-0.2, -0.15) is 0 Å². The van der Waals surface area contributed by atoms with E-state index >= 15 is 0 Å². The smallest absolute Gasteiger partial charge is 0.111 e. The third kappa shape index (κ3) is 3.24. The first-order chi connectivity index (χ1) is 11.7. The van der Waals surface area contributed by atoms with E-state index in [4.69, 9.17) is 4.74 Å². The molecule has 1 aromatic heterocycles. The van der Waals surface area contributed by atoms with Crippen molar-refractivity contribution in [3.8, 4) is 0 Å². The number of hydrogen-bond donors (Lipinski definition) is 1. The Bertz CT molecular complexity index is 536. The molecule has 4 rings (SSSR count). The number of likely N-dealkylation sites (tertiary alicyclic amines) is 1. The van der Waals surface area contributed by atoms with E-state index in [0.717, 1.165) is 37.7 Å². The van der Waals surface area contributed by atoms with Crippen molar-refractivity contribution in [2.75, 3.05) is 19.7 Å². The summed E-state index contributed by atoms with van der Waals surface area (Å²) in [5.41, 5.74) is -0.176. The van der Waals surface area contributed by atoms with Crippen molar-refractivity contribution in [2.45, 2.75) is 75.0 Å². The molecule has 3 aliphatic rings. The van der Waals surface area contributed by atoms with Crippen LogP contribution in [0.2, 0.25) is 0 Å². The minimum Gasteiger partial charge on any atom is -0.383 e. The molecule has 1 spiro atoms. The van der Waals surface area contributed by atoms with Crippen LogP contribution in [0.4, 0.5) is 0 Å². The number of ether oxygens (including phenoxy) is 1. The Morgan fingerprint density at radius 1 is 1.08 bits per heavy atom. The van der Waals surface area contributed by atoms with Crippen molar-refractivity contribution in [1.82, 2.24) is 9.88 Å². The molecule has 1 N–H and O–H groups in total. The van der Waals surface area contributed by atoms with Gasteiger partial charge in [0.1, 0.15) is 5.60 Å². The van der Waals surface area contributed by atoms with Gasteiger partial charge in [0.25, 0.3) is 0 Å². The zero-order valence-electron chi connectivity index (χ0n) is 14.6. The summed E-state index contributed by atoms with van der Waals surface area (Å²) in [5.74, 6) is 0. The van der Waals surface area contributed by atoms with E-state index in [1.165, 1.54) is 32.1 Å². The molecule has 132 valence electrons. The maximum absolute atomic E-state index is 11.2. The summed E-state index contributed by atoms with van der Waals surface area (Å²) >= 11 is 0. The van der Waals surface area contributed by atoms with Crippen LogP contribution >= 0.6 is 0 Å². The summed E-state index contributed by atoms with van der Waals surface area (Å²) in [6, 6.07) is 6.61. The highest BCUT2D eigenvalue weighted by Crippen LogP contribution is 2.44. The van der Waals surface area contributed by atoms with Gasteiger partial charge in [-0.25, -0.2) is 0 Å². The summed E-state index contributed by atoms with van der Waals surface area (Å²) in [5, 5.41) is 11.2. The minimum atomic E-state index is -0.827. The van der Waals surface area contributed by atoms with Gasteiger partial charge in [0, 0.05) is 38.2 Å². The molecule has 4 nitrogen and oxygen atoms in total. The van der Waals surface area contributed by atoms with E-state index < -0.39 is 5.60 Å². The van der Waals surface area contributed by atoms with Crippen LogP contribution in [0, 0.1) is 0 Å². The van der Waals surface area contributed by atoms with Crippen LogP contribution < -0.4 is 0 Å². The lowest BCUT2D eigenvalue weighted by Crippen LogP contribution is -2.55. The molecule has 24 heavy (non-hydrogen) atoms. The first kappa shape index (κ1) is 16.5. The second kappa shape index (κ2) is 6.74. The Hall–Kier alpha value is -0.970. The van der Waals surface area contributed by atoms with E-state index in [2.05, 4.69) is 9.88 Å². The zero-order chi connectivity index (χ0) is 16.5. The van der Waals surface area contributed by atoms with Gasteiger partial charge in [0.05, 0.1) is 17.9 Å². The van der Waals surface area contributed by atoms with Crippen LogP contribution in [0.1, 0.15) is 63.5 Å². The fourth-order valence-corrected chi connectivity index (χ4v) is 5.03. The molecule has 3 heterocycles. The third-order valence-corrected chi connectivity index (χ3v) is 6.48. The van der Waals surface area contributed by atoms with Crippen molar-refractivity contribution in [1.29, 1.82) is 0 Å². The number of aromatic nitrogens is 1. The first-order valence-electron chi connectivity index (χ1n) is 9.71. The Labute approximate surface area is 145 Å². The van der Waals surface area contributed by atoms with Crippen LogP contribution in [0.3, 0.4) is 0 Å². The summed E-state index contributed by atoms with van der Waals surface area (Å²) in [7, 11) is 0. The summed E-state index contributed by atoms with van der Waals surface area (Å²) in [6.45, 7) is 2.86. The Morgan fingerprint density at radius 2 is 1.88 bits per heavy atom. The average Bonchev–Trinajstić information content (AvgIpc) is 2.64. The third-order valence-electron chi connectivity index (χ3n) is 6.48. The highest BCUT2D eigenvalue weighted by atomic mass is 16.5. The highest BCUT2D eigenvalue weighted by molar-refractivity contribution is 5.16. The Morgan fingerprint density at radius 3 is 2.58 bits per heavy atom. The lowest BCUT2D eigenvalue weighted by atomic mass is 9.75. The second-order valence-electron chi connectivity index (χ2n) is 8.03. The highest BCUT2D eigenvalue weighted by Gasteiger charge is 2.48. The summed E-state index contributed by atoms with van der Waals surface area (Å²) in [6.07, 6.45) is 12.1. The Balaban J connectivity index is 1.43. The number of pyridine rings is 1. The predicted molar refractivity (Wildman–Crippen MR) is 93.7 cm³/mol. The van der Waals surface area contributed by atoms with Gasteiger partial charge >= 0.3 is 0 Å². The van der Waals surface area contributed by atoms with Crippen LogP contribution in [-0.4, -0.2) is 46.3 Å². The van der Waals surface area contributed by atoms with Crippen LogP contribution in [0.15, 0.2) is 24.4 Å². The van der Waals surface area contributed by atoms with E-state index in [1.54, 1.807) is 6.20 Å². The van der Waals surface area contributed by atoms with E-state index in [0.29, 0.717) is 19.4 Å². The van der Waals surface area contributed by atoms with Crippen LogP contribution in [-0.2, 0) is 10.3 Å². The minimum absolute atomic E-state index is 0.157. The molecule has 1 unspecified atom stereocenters. The molecule has 0 bridgehead atoms. The molecule has 1 saturated carbocycles. The van der Waals surface area contributed by atoms with Crippen molar-refractivity contribution in [3.05, 3.63) is 30.1 Å². The fraction of sp³-hybridized carbons (Fsp3) is 0.750. The van der Waals surface area contributed by atoms with Crippen molar-refractivity contribution in [2.24, 2.45) is 0 Å². The van der Waals surface area contributed by atoms with Crippen LogP contribution in [0.5, 0.6) is 0 Å². The molecule has 2 saturated heterocycles. The molecule has 1 aliphatic carbocycles. The largest absolute Gasteiger partial charge is 0.383 e. The quantitative estimate of drug-likeness (QED) is 0.904. The summed E-state index contributed by atoms with van der Waals surface area (Å²) in [4.78, 5) is 7.11. The standard InChI is InChI=1S/C20H30N2O2/c23-20(18-8-4-5-12-21-18)11-15-24-19(16-20)9-13-22(14-10-19)17-6-2-1-3-7-17/h4-5,8,12,17,23H,1-3,6-7,9-11,13-16H2. The van der Waals surface area contributed by atoms with Gasteiger partial charge in [-0.05, 0) is 37.8 Å². The molecule has 0 radical (unpaired) electrons. The molecule has 0 aromatic carbocycles. The molecule has 3 fully saturated rings. The molecule has 1 atom stereocenters. The van der Waals surface area contributed by atoms with Gasteiger partial charge in [0.15, 0.2) is 0 Å². The lowest BCUT2D eigenvalue weighted by Gasteiger charge is -2.50. The monoisotopic (exact) mass is 330 g/mol. The maximum Gasteiger partial charge on any atom is 0.111 e. The number of hydrogen-bond acceptors (Lipinski definition) is 4. The number of nitrogens with zero attached hydrogens (tertiary/aromatic N) is 2. The van der Waals surface area contributed by atoms with Crippen molar-refractivity contribution >= 4 is 0 Å². The van der Waals surface area contributed by atoms with Crippen molar-refractivity contribution in [3.63, 3.8) is 0 Å². The predicted octanol–water partition coefficient (Wildman–Crippen LogP) is 3.25. The van der Waals surface area contributed by atoms with Gasteiger partial charge < -0.3 is 14.7 Å². The zero-order valence-corrected chi connectivity index (χ0v) is 14.6. The van der Waals surface area contributed by atoms with E-state index in [-0.39, 0.29) is 5.60 Å². The number of piperidine rings is 1. The van der Waals surface area contributed by atoms with Gasteiger partial charge in [-0.3, -0.25) is 4.98 Å². The maximum atomic E-state index is 11.2. The van der Waals surface area contributed by atoms with Gasteiger partial charge in [0.2, 0.25) is 0 Å². The van der Waals surface area contributed by atoms with Crippen LogP contribution in [0.25, 0.3) is 0 Å². The Kier molecular flexibility index (Phi) is 4.63. The van der Waals surface area contributed by atoms with Gasteiger partial charge in [-0.1, -0.05) is 25.3 Å². The molecule has 2 aliphatic heterocycles. The second-order valence-corrected chi connectivity index (χ2v) is 8.03. The number of rotatable bonds is 2. The van der Waals surface area contributed by atoms with Crippen molar-refractivity contribution < 1.29 is 9.84 Å². The molecule has 1 aromatic rings. The first-order valence-corrected chi connectivity index (χ1v) is 9.71. The lowest BCUT2D eigenvalue weighted by molar-refractivity contribution is -0.185. The average molecular weight is 330 g/mol. The SMILES string of the molecule is OC1(c2ccccn2)CCOC2(CCN(C3CCCCC3)CC2)C1. The summed E-state index contributed by atoms with van der Waals surface area (Å²) < 4.78 is 6.24. The van der Waals surface area contributed by atoms with E-state index in [9.17, 15) is 5.11 Å². The van der Waals surface area contributed by atoms with Gasteiger partial charge in [-0.15, -0.1) is 0 Å². The molecular weight excluding hydrogens is 300 g/mol. The number of aliphatic hydroxyl groups is 1. The topological polar surface area (TPSA) is 45.6 Å². The van der Waals surface area contributed by atoms with E-state index in [1.807, 2.05) is 18.2 Å². The molecule has 4 heteroatoms. The molecular formula is C20H30N2O2. The molecule has 0 amide bonds.